The van der Waals surface area contributed by atoms with Crippen LogP contribution < -0.4 is 10.8 Å². The molecule has 0 radical (unpaired) electrons. The molecule has 0 amide bonds. The van der Waals surface area contributed by atoms with Crippen LogP contribution in [0.2, 0.25) is 0 Å². The van der Waals surface area contributed by atoms with Crippen molar-refractivity contribution in [2.45, 2.75) is 0 Å². The Morgan fingerprint density at radius 2 is 1.56 bits per heavy atom. The maximum Gasteiger partial charge on any atom is 0.197 e. The summed E-state index contributed by atoms with van der Waals surface area (Å²) in [5.41, 5.74) is 1.04. The Labute approximate surface area is 98.1 Å². The number of phenolic OH excluding ortho intramolecular Hbond substituents is 1. The zero-order chi connectivity index (χ0) is 11.4. The van der Waals surface area contributed by atoms with E-state index in [1.807, 2.05) is 24.3 Å². The second kappa shape index (κ2) is 5.18. The van der Waals surface area contributed by atoms with Gasteiger partial charge in [0.1, 0.15) is 5.75 Å². The van der Waals surface area contributed by atoms with Crippen molar-refractivity contribution in [3.05, 3.63) is 54.6 Å². The minimum atomic E-state index is -0.228. The predicted molar refractivity (Wildman–Crippen MR) is 73.8 cm³/mol. The maximum absolute atomic E-state index is 9.72. The standard InChI is InChI=1S/C13H14BOP/c1-16(11-7-3-2-4-8-11)14-12-9-5-6-10-13(12)15/h2-10,14-15H,1H3. The van der Waals surface area contributed by atoms with Crippen LogP contribution in [0.3, 0.4) is 0 Å². The number of benzene rings is 2. The predicted octanol–water partition coefficient (Wildman–Crippen LogP) is 1.81. The maximum atomic E-state index is 9.72. The molecule has 16 heavy (non-hydrogen) atoms. The fourth-order valence-electron chi connectivity index (χ4n) is 1.67. The number of hydrogen-bond donors (Lipinski definition) is 1. The highest BCUT2D eigenvalue weighted by Crippen LogP contribution is 2.27. The lowest BCUT2D eigenvalue weighted by molar-refractivity contribution is 0.479. The molecule has 0 bridgehead atoms. The average Bonchev–Trinajstić information content (AvgIpc) is 2.33. The molecule has 0 spiro atoms. The Morgan fingerprint density at radius 3 is 2.25 bits per heavy atom. The third-order valence-corrected chi connectivity index (χ3v) is 4.59. The lowest BCUT2D eigenvalue weighted by atomic mass is 9.93. The first kappa shape index (κ1) is 11.2. The third kappa shape index (κ3) is 2.65. The van der Waals surface area contributed by atoms with E-state index in [2.05, 4.69) is 30.9 Å². The monoisotopic (exact) mass is 228 g/mol. The summed E-state index contributed by atoms with van der Waals surface area (Å²) in [5, 5.41) is 11.1. The summed E-state index contributed by atoms with van der Waals surface area (Å²) in [6.07, 6.45) is 0. The average molecular weight is 228 g/mol. The van der Waals surface area contributed by atoms with Gasteiger partial charge < -0.3 is 5.11 Å². The first-order valence-electron chi connectivity index (χ1n) is 5.30. The summed E-state index contributed by atoms with van der Waals surface area (Å²) < 4.78 is 0. The molecule has 0 aliphatic carbocycles. The van der Waals surface area contributed by atoms with Gasteiger partial charge >= 0.3 is 0 Å². The van der Waals surface area contributed by atoms with Crippen LogP contribution in [0.4, 0.5) is 0 Å². The van der Waals surface area contributed by atoms with Gasteiger partial charge in [0, 0.05) is 0 Å². The molecule has 1 atom stereocenters. The molecule has 0 fully saturated rings. The Kier molecular flexibility index (Phi) is 3.64. The van der Waals surface area contributed by atoms with E-state index in [-0.39, 0.29) is 7.80 Å². The van der Waals surface area contributed by atoms with E-state index in [1.165, 1.54) is 5.30 Å². The molecule has 0 aliphatic rings. The second-order valence-corrected chi connectivity index (χ2v) is 6.05. The normalized spacial score (nSPS) is 12.1. The highest BCUT2D eigenvalue weighted by atomic mass is 31.1. The smallest absolute Gasteiger partial charge is 0.197 e. The number of para-hydroxylation sites is 1. The number of rotatable bonds is 3. The molecule has 0 saturated heterocycles. The van der Waals surface area contributed by atoms with Crippen molar-refractivity contribution < 1.29 is 5.11 Å². The van der Waals surface area contributed by atoms with Crippen LogP contribution in [0.1, 0.15) is 0 Å². The molecule has 1 N–H and O–H groups in total. The molecule has 0 aliphatic heterocycles. The van der Waals surface area contributed by atoms with E-state index in [0.717, 1.165) is 12.5 Å². The largest absolute Gasteiger partial charge is 0.509 e. The molecular formula is C13H14BOP. The molecular weight excluding hydrogens is 214 g/mol. The van der Waals surface area contributed by atoms with Gasteiger partial charge in [-0.1, -0.05) is 48.5 Å². The van der Waals surface area contributed by atoms with E-state index >= 15 is 0 Å². The minimum absolute atomic E-state index is 0.228. The molecule has 0 heterocycles. The molecule has 80 valence electrons. The molecule has 1 unspecified atom stereocenters. The molecule has 2 aromatic carbocycles. The third-order valence-electron chi connectivity index (χ3n) is 2.60. The minimum Gasteiger partial charge on any atom is -0.509 e. The summed E-state index contributed by atoms with van der Waals surface area (Å²) in [7, 11) is -0.228. The molecule has 0 saturated carbocycles. The highest BCUT2D eigenvalue weighted by Gasteiger charge is 2.09. The summed E-state index contributed by atoms with van der Waals surface area (Å²) in [6, 6.07) is 18.1. The number of hydrogen-bond acceptors (Lipinski definition) is 1. The first-order chi connectivity index (χ1) is 7.77. The highest BCUT2D eigenvalue weighted by molar-refractivity contribution is 7.92. The van der Waals surface area contributed by atoms with Crippen molar-refractivity contribution in [1.82, 2.24) is 0 Å². The van der Waals surface area contributed by atoms with Crippen molar-refractivity contribution in [3.63, 3.8) is 0 Å². The Hall–Kier alpha value is -1.27. The van der Waals surface area contributed by atoms with E-state index in [4.69, 9.17) is 0 Å². The lowest BCUT2D eigenvalue weighted by Gasteiger charge is -2.12. The van der Waals surface area contributed by atoms with E-state index in [1.54, 1.807) is 6.07 Å². The van der Waals surface area contributed by atoms with Gasteiger partial charge in [-0.25, -0.2) is 0 Å². The fraction of sp³-hybridized carbons (Fsp3) is 0.0769. The summed E-state index contributed by atoms with van der Waals surface area (Å²) in [4.78, 5) is 0. The van der Waals surface area contributed by atoms with Crippen molar-refractivity contribution >= 4 is 25.6 Å². The molecule has 0 aromatic heterocycles. The van der Waals surface area contributed by atoms with Crippen LogP contribution >= 0.6 is 7.80 Å². The van der Waals surface area contributed by atoms with Crippen molar-refractivity contribution in [1.29, 1.82) is 0 Å². The second-order valence-electron chi connectivity index (χ2n) is 3.82. The molecule has 2 aromatic rings. The van der Waals surface area contributed by atoms with Gasteiger partial charge in [0.15, 0.2) is 7.00 Å². The fourth-order valence-corrected chi connectivity index (χ4v) is 3.32. The van der Waals surface area contributed by atoms with Crippen LogP contribution in [0.5, 0.6) is 5.75 Å². The Balaban J connectivity index is 2.14. The van der Waals surface area contributed by atoms with Gasteiger partial charge in [-0.2, -0.15) is 0 Å². The quantitative estimate of drug-likeness (QED) is 0.627. The van der Waals surface area contributed by atoms with Crippen LogP contribution in [0, 0.1) is 0 Å². The zero-order valence-corrected chi connectivity index (χ0v) is 10.2. The topological polar surface area (TPSA) is 20.2 Å². The van der Waals surface area contributed by atoms with Gasteiger partial charge in [-0.3, -0.25) is 0 Å². The van der Waals surface area contributed by atoms with Gasteiger partial charge in [0.25, 0.3) is 0 Å². The Bertz CT molecular complexity index is 458. The molecule has 1 nitrogen and oxygen atoms in total. The zero-order valence-electron chi connectivity index (χ0n) is 9.30. The first-order valence-corrected chi connectivity index (χ1v) is 7.28. The van der Waals surface area contributed by atoms with Gasteiger partial charge in [-0.15, -0.1) is 7.80 Å². The summed E-state index contributed by atoms with van der Waals surface area (Å²) in [6.45, 7) is 3.18. The van der Waals surface area contributed by atoms with E-state index in [9.17, 15) is 5.11 Å². The van der Waals surface area contributed by atoms with Gasteiger partial charge in [-0.05, 0) is 23.5 Å². The van der Waals surface area contributed by atoms with Crippen molar-refractivity contribution in [3.8, 4) is 5.75 Å². The summed E-state index contributed by atoms with van der Waals surface area (Å²) in [5.74, 6) is 0.410. The lowest BCUT2D eigenvalue weighted by Crippen LogP contribution is -2.17. The van der Waals surface area contributed by atoms with Gasteiger partial charge in [0.05, 0.1) is 0 Å². The van der Waals surface area contributed by atoms with Crippen molar-refractivity contribution in [2.75, 3.05) is 6.66 Å². The van der Waals surface area contributed by atoms with Gasteiger partial charge in [0.2, 0.25) is 0 Å². The SMILES string of the molecule is CP(Bc1ccccc1O)c1ccccc1. The van der Waals surface area contributed by atoms with Crippen LogP contribution in [-0.4, -0.2) is 18.8 Å². The number of aromatic hydroxyl groups is 1. The van der Waals surface area contributed by atoms with E-state index in [0.29, 0.717) is 5.75 Å². The molecule has 3 heteroatoms. The van der Waals surface area contributed by atoms with E-state index < -0.39 is 0 Å². The van der Waals surface area contributed by atoms with Crippen molar-refractivity contribution in [2.24, 2.45) is 0 Å². The van der Waals surface area contributed by atoms with Crippen LogP contribution in [0.25, 0.3) is 0 Å². The Morgan fingerprint density at radius 1 is 0.938 bits per heavy atom. The molecule has 2 rings (SSSR count). The summed E-state index contributed by atoms with van der Waals surface area (Å²) >= 11 is 0. The van der Waals surface area contributed by atoms with Crippen LogP contribution in [-0.2, 0) is 0 Å². The number of phenols is 1. The van der Waals surface area contributed by atoms with Crippen LogP contribution in [0.15, 0.2) is 54.6 Å².